The number of nitrogens with one attached hydrogen (secondary N) is 1. The summed E-state index contributed by atoms with van der Waals surface area (Å²) >= 11 is 0. The van der Waals surface area contributed by atoms with Gasteiger partial charge in [-0.1, -0.05) is 91.0 Å². The van der Waals surface area contributed by atoms with Gasteiger partial charge in [0.25, 0.3) is 0 Å². The third kappa shape index (κ3) is 6.25. The number of fused-ring (bicyclic) bond motifs is 1. The summed E-state index contributed by atoms with van der Waals surface area (Å²) in [5, 5.41) is 13.7. The molecule has 4 aromatic carbocycles. The molecule has 4 atom stereocenters. The Morgan fingerprint density at radius 2 is 1.27 bits per heavy atom. The van der Waals surface area contributed by atoms with Gasteiger partial charge in [0.05, 0.1) is 38.5 Å². The second-order valence-corrected chi connectivity index (χ2v) is 10.3. The maximum atomic E-state index is 14.4. The van der Waals surface area contributed by atoms with Crippen molar-refractivity contribution in [3.8, 4) is 0 Å². The van der Waals surface area contributed by atoms with Crippen LogP contribution in [0.4, 0.5) is 4.39 Å². The summed E-state index contributed by atoms with van der Waals surface area (Å²) in [5.74, 6) is -0.345. The third-order valence-corrected chi connectivity index (χ3v) is 7.60. The van der Waals surface area contributed by atoms with E-state index in [1.54, 1.807) is 6.07 Å². The van der Waals surface area contributed by atoms with Crippen molar-refractivity contribution >= 4 is 10.9 Å². The summed E-state index contributed by atoms with van der Waals surface area (Å²) in [4.78, 5) is 3.23. The molecule has 7 heteroatoms. The van der Waals surface area contributed by atoms with Gasteiger partial charge in [-0.2, -0.15) is 5.06 Å². The van der Waals surface area contributed by atoms with Crippen LogP contribution in [0.15, 0.2) is 115 Å². The lowest BCUT2D eigenvalue weighted by molar-refractivity contribution is -0.167. The van der Waals surface area contributed by atoms with Crippen molar-refractivity contribution in [3.05, 3.63) is 143 Å². The Bertz CT molecular complexity index is 1530. The third-order valence-electron chi connectivity index (χ3n) is 7.60. The molecule has 1 aliphatic rings. The molecule has 2 N–H and O–H groups in total. The van der Waals surface area contributed by atoms with Crippen molar-refractivity contribution in [3.63, 3.8) is 0 Å². The van der Waals surface area contributed by atoms with E-state index in [2.05, 4.69) is 4.98 Å². The predicted molar refractivity (Wildman–Crippen MR) is 155 cm³/mol. The Morgan fingerprint density at radius 3 is 1.88 bits per heavy atom. The molecule has 0 saturated carbocycles. The standard InChI is InChI=1S/C34H33FN2O4/c35-27-16-17-30-28(18-27)29(19-36-30)32-34(41-22-26-14-8-3-9-15-26)33(40-21-25-12-6-2-7-13-25)31(37(32)38)23-39-20-24-10-4-1-5-11-24/h1-19,31-34,36,38H,20-23H2/t31-,32-,33-,34-/m0/s1. The molecule has 0 radical (unpaired) electrons. The van der Waals surface area contributed by atoms with Crippen molar-refractivity contribution in [2.24, 2.45) is 0 Å². The predicted octanol–water partition coefficient (Wildman–Crippen LogP) is 6.81. The Kier molecular flexibility index (Phi) is 8.51. The Labute approximate surface area is 238 Å². The van der Waals surface area contributed by atoms with Crippen molar-refractivity contribution < 1.29 is 23.8 Å². The molecule has 1 aromatic heterocycles. The quantitative estimate of drug-likeness (QED) is 0.189. The Balaban J connectivity index is 1.33. The molecule has 6 rings (SSSR count). The number of hydrogen-bond acceptors (Lipinski definition) is 5. The number of aromatic nitrogens is 1. The van der Waals surface area contributed by atoms with Gasteiger partial charge in [-0.25, -0.2) is 4.39 Å². The van der Waals surface area contributed by atoms with Gasteiger partial charge in [0.15, 0.2) is 0 Å². The van der Waals surface area contributed by atoms with Gasteiger partial charge >= 0.3 is 0 Å². The van der Waals surface area contributed by atoms with E-state index in [1.165, 1.54) is 17.2 Å². The fraction of sp³-hybridized carbons (Fsp3) is 0.235. The molecule has 0 unspecified atom stereocenters. The highest BCUT2D eigenvalue weighted by Crippen LogP contribution is 2.42. The van der Waals surface area contributed by atoms with Gasteiger partial charge in [0.1, 0.15) is 18.0 Å². The molecule has 210 valence electrons. The lowest BCUT2D eigenvalue weighted by Crippen LogP contribution is -2.40. The number of aromatic amines is 1. The number of hydroxylamine groups is 2. The lowest BCUT2D eigenvalue weighted by Gasteiger charge is -2.26. The van der Waals surface area contributed by atoms with Crippen LogP contribution in [-0.4, -0.2) is 40.1 Å². The van der Waals surface area contributed by atoms with Crippen LogP contribution in [0.25, 0.3) is 10.9 Å². The minimum atomic E-state index is -0.625. The summed E-state index contributed by atoms with van der Waals surface area (Å²) in [5.41, 5.74) is 4.57. The zero-order valence-electron chi connectivity index (χ0n) is 22.6. The number of ether oxygens (including phenoxy) is 3. The zero-order valence-corrected chi connectivity index (χ0v) is 22.6. The highest BCUT2D eigenvalue weighted by atomic mass is 19.1. The van der Waals surface area contributed by atoms with Gasteiger partial charge in [0.2, 0.25) is 0 Å². The second-order valence-electron chi connectivity index (χ2n) is 10.3. The summed E-state index contributed by atoms with van der Waals surface area (Å²) in [6.07, 6.45) is 0.706. The first-order chi connectivity index (χ1) is 20.2. The molecule has 0 aliphatic carbocycles. The highest BCUT2D eigenvalue weighted by Gasteiger charge is 2.52. The molecule has 5 aromatic rings. The largest absolute Gasteiger partial charge is 0.375 e. The van der Waals surface area contributed by atoms with Crippen molar-refractivity contribution in [2.75, 3.05) is 6.61 Å². The van der Waals surface area contributed by atoms with Crippen LogP contribution in [0.1, 0.15) is 28.3 Å². The topological polar surface area (TPSA) is 67.0 Å². The number of rotatable bonds is 11. The summed E-state index contributed by atoms with van der Waals surface area (Å²) in [7, 11) is 0. The van der Waals surface area contributed by atoms with E-state index in [0.717, 1.165) is 27.8 Å². The summed E-state index contributed by atoms with van der Waals surface area (Å²) in [6.45, 7) is 1.28. The number of benzene rings is 4. The molecule has 6 nitrogen and oxygen atoms in total. The molecule has 0 amide bonds. The monoisotopic (exact) mass is 552 g/mol. The summed E-state index contributed by atoms with van der Waals surface area (Å²) in [6, 6.07) is 33.2. The van der Waals surface area contributed by atoms with E-state index in [9.17, 15) is 9.60 Å². The van der Waals surface area contributed by atoms with Crippen LogP contribution in [0, 0.1) is 5.82 Å². The van der Waals surface area contributed by atoms with E-state index in [-0.39, 0.29) is 12.4 Å². The van der Waals surface area contributed by atoms with E-state index >= 15 is 0 Å². The molecular formula is C34H33FN2O4. The normalized spacial score (nSPS) is 21.0. The van der Waals surface area contributed by atoms with Crippen LogP contribution in [0.2, 0.25) is 0 Å². The smallest absolute Gasteiger partial charge is 0.123 e. The molecule has 1 fully saturated rings. The van der Waals surface area contributed by atoms with Gasteiger partial charge < -0.3 is 24.4 Å². The van der Waals surface area contributed by atoms with Gasteiger partial charge in [-0.05, 0) is 40.5 Å². The first kappa shape index (κ1) is 27.3. The van der Waals surface area contributed by atoms with E-state index in [0.29, 0.717) is 25.2 Å². The van der Waals surface area contributed by atoms with E-state index in [4.69, 9.17) is 14.2 Å². The van der Waals surface area contributed by atoms with Crippen molar-refractivity contribution in [2.45, 2.75) is 44.1 Å². The second kappa shape index (κ2) is 12.8. The molecule has 1 saturated heterocycles. The minimum absolute atomic E-state index is 0.212. The number of halogens is 1. The Morgan fingerprint density at radius 1 is 0.707 bits per heavy atom. The van der Waals surface area contributed by atoms with Crippen LogP contribution in [0.5, 0.6) is 0 Å². The average Bonchev–Trinajstić information content (AvgIpc) is 3.53. The highest BCUT2D eigenvalue weighted by molar-refractivity contribution is 5.83. The van der Waals surface area contributed by atoms with Crippen LogP contribution >= 0.6 is 0 Å². The Hall–Kier alpha value is -3.85. The van der Waals surface area contributed by atoms with Crippen LogP contribution in [0.3, 0.4) is 0 Å². The van der Waals surface area contributed by atoms with Crippen LogP contribution in [-0.2, 0) is 34.0 Å². The average molecular weight is 553 g/mol. The van der Waals surface area contributed by atoms with Gasteiger partial charge in [-0.15, -0.1) is 0 Å². The maximum absolute atomic E-state index is 14.4. The van der Waals surface area contributed by atoms with Crippen LogP contribution < -0.4 is 0 Å². The van der Waals surface area contributed by atoms with Gasteiger partial charge in [0, 0.05) is 17.1 Å². The zero-order chi connectivity index (χ0) is 28.0. The number of H-pyrrole nitrogens is 1. The number of nitrogens with zero attached hydrogens (tertiary/aromatic N) is 1. The van der Waals surface area contributed by atoms with E-state index in [1.807, 2.05) is 97.2 Å². The lowest BCUT2D eigenvalue weighted by atomic mass is 9.99. The molecule has 1 aliphatic heterocycles. The summed E-state index contributed by atoms with van der Waals surface area (Å²) < 4.78 is 33.6. The molecule has 0 bridgehead atoms. The van der Waals surface area contributed by atoms with Gasteiger partial charge in [-0.3, -0.25) is 0 Å². The fourth-order valence-electron chi connectivity index (χ4n) is 5.55. The minimum Gasteiger partial charge on any atom is -0.375 e. The first-order valence-electron chi connectivity index (χ1n) is 13.8. The SMILES string of the molecule is ON1[C@@H](COCc2ccccc2)[C@H](OCc2ccccc2)[C@@H](OCc2ccccc2)[C@@H]1c1c[nH]c2ccc(F)cc12. The maximum Gasteiger partial charge on any atom is 0.123 e. The number of hydrogen-bond donors (Lipinski definition) is 2. The molecular weight excluding hydrogens is 519 g/mol. The van der Waals surface area contributed by atoms with Crippen molar-refractivity contribution in [1.29, 1.82) is 0 Å². The fourth-order valence-corrected chi connectivity index (χ4v) is 5.55. The first-order valence-corrected chi connectivity index (χ1v) is 13.8. The molecule has 41 heavy (non-hydrogen) atoms. The van der Waals surface area contributed by atoms with E-state index < -0.39 is 24.3 Å². The van der Waals surface area contributed by atoms with Crippen molar-refractivity contribution in [1.82, 2.24) is 10.0 Å². The molecule has 0 spiro atoms. The molecule has 2 heterocycles.